The van der Waals surface area contributed by atoms with Crippen LogP contribution in [0.1, 0.15) is 24.4 Å². The lowest BCUT2D eigenvalue weighted by atomic mass is 10.0. The molecule has 1 atom stereocenters. The maximum atomic E-state index is 5.70. The van der Waals surface area contributed by atoms with Crippen molar-refractivity contribution in [2.24, 2.45) is 0 Å². The average Bonchev–Trinajstić information content (AvgIpc) is 3.33. The van der Waals surface area contributed by atoms with E-state index in [0.717, 1.165) is 58.7 Å². The van der Waals surface area contributed by atoms with Gasteiger partial charge in [0.05, 0.1) is 25.8 Å². The molecule has 31 heavy (non-hydrogen) atoms. The van der Waals surface area contributed by atoms with Crippen molar-refractivity contribution in [3.63, 3.8) is 0 Å². The fraction of sp³-hybridized carbons (Fsp3) is 0.240. The first-order valence-corrected chi connectivity index (χ1v) is 10.4. The first-order valence-electron chi connectivity index (χ1n) is 10.4. The zero-order valence-electron chi connectivity index (χ0n) is 17.7. The molecule has 156 valence electrons. The summed E-state index contributed by atoms with van der Waals surface area (Å²) in [4.78, 5) is 16.5. The zero-order valence-corrected chi connectivity index (χ0v) is 17.7. The van der Waals surface area contributed by atoms with Gasteiger partial charge in [0.25, 0.3) is 0 Å². The molecule has 2 aromatic heterocycles. The first kappa shape index (κ1) is 19.3. The Morgan fingerprint density at radius 3 is 2.68 bits per heavy atom. The van der Waals surface area contributed by atoms with Crippen molar-refractivity contribution in [2.45, 2.75) is 18.9 Å². The van der Waals surface area contributed by atoms with Crippen molar-refractivity contribution in [2.75, 3.05) is 25.7 Å². The summed E-state index contributed by atoms with van der Waals surface area (Å²) in [6.07, 6.45) is 5.66. The van der Waals surface area contributed by atoms with E-state index in [4.69, 9.17) is 19.4 Å². The van der Waals surface area contributed by atoms with Crippen LogP contribution in [0.5, 0.6) is 11.5 Å². The fourth-order valence-electron chi connectivity index (χ4n) is 4.35. The lowest BCUT2D eigenvalue weighted by molar-refractivity contribution is 0.395. The van der Waals surface area contributed by atoms with Gasteiger partial charge in [0, 0.05) is 35.5 Å². The average molecular weight is 412 g/mol. The SMILES string of the molecule is COc1ccc(OC)c([C@H]2CCCN2c2nc(-c3cccnc3)nc3ccccc23)c1. The normalized spacial score (nSPS) is 15.9. The molecule has 0 spiro atoms. The second kappa shape index (κ2) is 8.22. The second-order valence-electron chi connectivity index (χ2n) is 7.59. The molecule has 0 unspecified atom stereocenters. The molecule has 5 rings (SSSR count). The van der Waals surface area contributed by atoms with Crippen LogP contribution in [0, 0.1) is 0 Å². The van der Waals surface area contributed by atoms with Crippen LogP contribution in [0.15, 0.2) is 67.0 Å². The molecule has 6 nitrogen and oxygen atoms in total. The van der Waals surface area contributed by atoms with Crippen molar-refractivity contribution in [3.05, 3.63) is 72.6 Å². The summed E-state index contributed by atoms with van der Waals surface area (Å²) in [7, 11) is 3.40. The highest BCUT2D eigenvalue weighted by Crippen LogP contribution is 2.42. The number of anilines is 1. The minimum Gasteiger partial charge on any atom is -0.497 e. The van der Waals surface area contributed by atoms with E-state index in [0.29, 0.717) is 5.82 Å². The highest BCUT2D eigenvalue weighted by molar-refractivity contribution is 5.91. The lowest BCUT2D eigenvalue weighted by Gasteiger charge is -2.28. The van der Waals surface area contributed by atoms with Gasteiger partial charge in [-0.2, -0.15) is 0 Å². The van der Waals surface area contributed by atoms with Crippen LogP contribution in [-0.4, -0.2) is 35.7 Å². The molecule has 3 heterocycles. The third-order valence-corrected chi connectivity index (χ3v) is 5.82. The van der Waals surface area contributed by atoms with Gasteiger partial charge in [0.2, 0.25) is 0 Å². The fourth-order valence-corrected chi connectivity index (χ4v) is 4.35. The van der Waals surface area contributed by atoms with Gasteiger partial charge in [-0.25, -0.2) is 9.97 Å². The maximum absolute atomic E-state index is 5.70. The van der Waals surface area contributed by atoms with Gasteiger partial charge in [-0.05, 0) is 55.3 Å². The summed E-state index contributed by atoms with van der Waals surface area (Å²) in [5.74, 6) is 3.32. The highest BCUT2D eigenvalue weighted by Gasteiger charge is 2.31. The minimum absolute atomic E-state index is 0.144. The smallest absolute Gasteiger partial charge is 0.163 e. The van der Waals surface area contributed by atoms with Crippen LogP contribution in [0.25, 0.3) is 22.3 Å². The van der Waals surface area contributed by atoms with E-state index < -0.39 is 0 Å². The molecule has 1 aliphatic heterocycles. The summed E-state index contributed by atoms with van der Waals surface area (Å²) >= 11 is 0. The summed E-state index contributed by atoms with van der Waals surface area (Å²) in [6, 6.07) is 18.2. The molecule has 1 saturated heterocycles. The van der Waals surface area contributed by atoms with Crippen molar-refractivity contribution >= 4 is 16.7 Å². The second-order valence-corrected chi connectivity index (χ2v) is 7.59. The maximum Gasteiger partial charge on any atom is 0.163 e. The summed E-state index contributed by atoms with van der Waals surface area (Å²) in [5.41, 5.74) is 2.95. The van der Waals surface area contributed by atoms with Crippen LogP contribution < -0.4 is 14.4 Å². The zero-order chi connectivity index (χ0) is 21.2. The van der Waals surface area contributed by atoms with E-state index in [-0.39, 0.29) is 6.04 Å². The largest absolute Gasteiger partial charge is 0.497 e. The number of hydrogen-bond acceptors (Lipinski definition) is 6. The number of ether oxygens (including phenoxy) is 2. The summed E-state index contributed by atoms with van der Waals surface area (Å²) < 4.78 is 11.2. The number of para-hydroxylation sites is 1. The number of hydrogen-bond donors (Lipinski definition) is 0. The third kappa shape index (κ3) is 3.54. The van der Waals surface area contributed by atoms with Gasteiger partial charge < -0.3 is 14.4 Å². The molecule has 0 radical (unpaired) electrons. The molecular formula is C25H24N4O2. The standard InChI is InChI=1S/C25H24N4O2/c1-30-18-11-12-23(31-2)20(15-18)22-10-6-14-29(22)25-19-8-3-4-9-21(19)27-24(28-25)17-7-5-13-26-16-17/h3-5,7-9,11-13,15-16,22H,6,10,14H2,1-2H3/t22-/m1/s1. The molecule has 1 aliphatic rings. The number of rotatable bonds is 5. The van der Waals surface area contributed by atoms with Crippen molar-refractivity contribution in [1.29, 1.82) is 0 Å². The van der Waals surface area contributed by atoms with Gasteiger partial charge >= 0.3 is 0 Å². The van der Waals surface area contributed by atoms with E-state index in [1.54, 1.807) is 26.6 Å². The lowest BCUT2D eigenvalue weighted by Crippen LogP contribution is -2.24. The van der Waals surface area contributed by atoms with Crippen molar-refractivity contribution < 1.29 is 9.47 Å². The van der Waals surface area contributed by atoms with Crippen molar-refractivity contribution in [3.8, 4) is 22.9 Å². The van der Waals surface area contributed by atoms with Gasteiger partial charge in [-0.15, -0.1) is 0 Å². The van der Waals surface area contributed by atoms with Gasteiger partial charge in [-0.1, -0.05) is 12.1 Å². The summed E-state index contributed by atoms with van der Waals surface area (Å²) in [5, 5.41) is 1.05. The summed E-state index contributed by atoms with van der Waals surface area (Å²) in [6.45, 7) is 0.915. The number of nitrogens with zero attached hydrogens (tertiary/aromatic N) is 4. The predicted octanol–water partition coefficient (Wildman–Crippen LogP) is 5.05. The van der Waals surface area contributed by atoms with Crippen LogP contribution >= 0.6 is 0 Å². The Kier molecular flexibility index (Phi) is 5.12. The molecule has 0 amide bonds. The topological polar surface area (TPSA) is 60.4 Å². The van der Waals surface area contributed by atoms with Crippen LogP contribution in [0.4, 0.5) is 5.82 Å². The molecule has 6 heteroatoms. The number of fused-ring (bicyclic) bond motifs is 1. The molecule has 1 fully saturated rings. The van der Waals surface area contributed by atoms with Crippen molar-refractivity contribution in [1.82, 2.24) is 15.0 Å². The van der Waals surface area contributed by atoms with E-state index in [1.165, 1.54) is 0 Å². The molecule has 0 N–H and O–H groups in total. The monoisotopic (exact) mass is 412 g/mol. The molecular weight excluding hydrogens is 388 g/mol. The number of pyridine rings is 1. The number of methoxy groups -OCH3 is 2. The highest BCUT2D eigenvalue weighted by atomic mass is 16.5. The third-order valence-electron chi connectivity index (χ3n) is 5.82. The quantitative estimate of drug-likeness (QED) is 0.457. The Hall–Kier alpha value is -3.67. The van der Waals surface area contributed by atoms with E-state index in [9.17, 15) is 0 Å². The van der Waals surface area contributed by atoms with Gasteiger partial charge in [0.1, 0.15) is 17.3 Å². The molecule has 0 bridgehead atoms. The van der Waals surface area contributed by atoms with Crippen LogP contribution in [0.3, 0.4) is 0 Å². The van der Waals surface area contributed by atoms with Crippen LogP contribution in [-0.2, 0) is 0 Å². The van der Waals surface area contributed by atoms with E-state index >= 15 is 0 Å². The first-order chi connectivity index (χ1) is 15.3. The molecule has 4 aromatic rings. The Labute approximate surface area is 181 Å². The molecule has 0 aliphatic carbocycles. The predicted molar refractivity (Wildman–Crippen MR) is 122 cm³/mol. The van der Waals surface area contributed by atoms with Crippen LogP contribution in [0.2, 0.25) is 0 Å². The number of benzene rings is 2. The van der Waals surface area contributed by atoms with E-state index in [1.807, 2.05) is 42.5 Å². The minimum atomic E-state index is 0.144. The Balaban J connectivity index is 1.66. The van der Waals surface area contributed by atoms with Gasteiger partial charge in [-0.3, -0.25) is 4.98 Å². The Morgan fingerprint density at radius 2 is 1.87 bits per heavy atom. The molecule has 0 saturated carbocycles. The Morgan fingerprint density at radius 1 is 0.968 bits per heavy atom. The van der Waals surface area contributed by atoms with E-state index in [2.05, 4.69) is 22.0 Å². The number of aromatic nitrogens is 3. The molecule has 2 aromatic carbocycles. The Bertz CT molecular complexity index is 1210. The van der Waals surface area contributed by atoms with Gasteiger partial charge in [0.15, 0.2) is 5.82 Å².